The Balaban J connectivity index is 0.000000325. The van der Waals surface area contributed by atoms with Gasteiger partial charge in [-0.2, -0.15) is 0 Å². The van der Waals surface area contributed by atoms with E-state index in [9.17, 15) is 24.0 Å². The van der Waals surface area contributed by atoms with E-state index in [2.05, 4.69) is 70.5 Å². The third-order valence-corrected chi connectivity index (χ3v) is 7.40. The van der Waals surface area contributed by atoms with Gasteiger partial charge in [-0.05, 0) is 11.1 Å². The SMILES string of the molecule is CN(C)C(=O)CN1CCN(CC2COC3(O2)c2ccccc2C=Cc2ccccc23)CC1.O=C(O)/C=C/C(=O)O.O=C(O)/C=C/C(=O)O. The Labute approximate surface area is 277 Å². The molecule has 2 aromatic carbocycles. The number of nitrogens with zero attached hydrogens (tertiary/aromatic N) is 3. The number of carboxylic acids is 4. The Kier molecular flexibility index (Phi) is 13.7. The lowest BCUT2D eigenvalue weighted by Gasteiger charge is -2.36. The molecule has 1 amide bonds. The number of likely N-dealkylation sites (N-methyl/N-ethyl adjacent to an activating group) is 1. The number of piperazine rings is 1. The number of hydrogen-bond acceptors (Lipinski definition) is 9. The van der Waals surface area contributed by atoms with Crippen LogP contribution < -0.4 is 0 Å². The van der Waals surface area contributed by atoms with Crippen LogP contribution in [0.3, 0.4) is 0 Å². The van der Waals surface area contributed by atoms with E-state index in [-0.39, 0.29) is 12.0 Å². The molecule has 0 saturated carbocycles. The molecule has 48 heavy (non-hydrogen) atoms. The van der Waals surface area contributed by atoms with Gasteiger partial charge in [-0.15, -0.1) is 0 Å². The van der Waals surface area contributed by atoms with Crippen molar-refractivity contribution in [3.05, 3.63) is 95.1 Å². The Hall–Kier alpha value is -5.15. The summed E-state index contributed by atoms with van der Waals surface area (Å²) < 4.78 is 13.3. The van der Waals surface area contributed by atoms with Gasteiger partial charge < -0.3 is 34.8 Å². The molecule has 14 heteroatoms. The summed E-state index contributed by atoms with van der Waals surface area (Å²) in [5.74, 6) is -5.74. The number of carbonyl (C=O) groups excluding carboxylic acids is 1. The zero-order valence-electron chi connectivity index (χ0n) is 26.6. The molecule has 2 saturated heterocycles. The third kappa shape index (κ3) is 11.0. The molecule has 1 aliphatic carbocycles. The molecular weight excluding hydrogens is 626 g/mol. The Bertz CT molecular complexity index is 1440. The van der Waals surface area contributed by atoms with Crippen molar-refractivity contribution < 1.29 is 53.9 Å². The number of hydrogen-bond donors (Lipinski definition) is 4. The summed E-state index contributed by atoms with van der Waals surface area (Å²) in [7, 11) is 3.62. The summed E-state index contributed by atoms with van der Waals surface area (Å²) in [5, 5.41) is 31.2. The van der Waals surface area contributed by atoms with E-state index in [1.807, 2.05) is 14.1 Å². The van der Waals surface area contributed by atoms with Crippen molar-refractivity contribution in [1.29, 1.82) is 0 Å². The first-order chi connectivity index (χ1) is 22.8. The summed E-state index contributed by atoms with van der Waals surface area (Å²) in [5.41, 5.74) is 4.39. The Morgan fingerprint density at radius 1 is 0.729 bits per heavy atom. The predicted molar refractivity (Wildman–Crippen MR) is 174 cm³/mol. The minimum absolute atomic E-state index is 0.0100. The molecule has 5 rings (SSSR count). The van der Waals surface area contributed by atoms with E-state index in [0.717, 1.165) is 55.0 Å². The molecule has 0 aromatic heterocycles. The minimum atomic E-state index is -1.26. The zero-order chi connectivity index (χ0) is 35.3. The highest BCUT2D eigenvalue weighted by Crippen LogP contribution is 2.45. The van der Waals surface area contributed by atoms with E-state index in [1.165, 1.54) is 0 Å². The molecule has 2 heterocycles. The lowest BCUT2D eigenvalue weighted by atomic mass is 9.93. The largest absolute Gasteiger partial charge is 0.478 e. The van der Waals surface area contributed by atoms with Crippen LogP contribution in [-0.4, -0.2) is 131 Å². The predicted octanol–water partition coefficient (Wildman–Crippen LogP) is 1.92. The first-order valence-electron chi connectivity index (χ1n) is 14.9. The van der Waals surface area contributed by atoms with Gasteiger partial charge in [0.25, 0.3) is 0 Å². The van der Waals surface area contributed by atoms with E-state index in [0.29, 0.717) is 37.5 Å². The maximum Gasteiger partial charge on any atom is 0.328 e. The fourth-order valence-corrected chi connectivity index (χ4v) is 5.13. The molecule has 2 fully saturated rings. The van der Waals surface area contributed by atoms with E-state index in [1.54, 1.807) is 4.90 Å². The lowest BCUT2D eigenvalue weighted by Crippen LogP contribution is -2.51. The number of amides is 1. The normalized spacial score (nSPS) is 18.1. The van der Waals surface area contributed by atoms with Crippen LogP contribution in [0.15, 0.2) is 72.8 Å². The van der Waals surface area contributed by atoms with E-state index >= 15 is 0 Å². The van der Waals surface area contributed by atoms with Gasteiger partial charge in [0, 0.05) is 82.3 Å². The second-order valence-electron chi connectivity index (χ2n) is 11.1. The van der Waals surface area contributed by atoms with Gasteiger partial charge in [0.2, 0.25) is 11.7 Å². The van der Waals surface area contributed by atoms with Gasteiger partial charge >= 0.3 is 23.9 Å². The van der Waals surface area contributed by atoms with Gasteiger partial charge in [0.05, 0.1) is 19.3 Å². The molecule has 2 aromatic rings. The second-order valence-corrected chi connectivity index (χ2v) is 11.1. The van der Waals surface area contributed by atoms with Crippen molar-refractivity contribution in [1.82, 2.24) is 14.7 Å². The summed E-state index contributed by atoms with van der Waals surface area (Å²) in [6, 6.07) is 16.7. The summed E-state index contributed by atoms with van der Waals surface area (Å²) in [6.07, 6.45) is 6.52. The van der Waals surface area contributed by atoms with Gasteiger partial charge in [0.15, 0.2) is 0 Å². The molecule has 1 spiro atoms. The first kappa shape index (κ1) is 37.3. The fraction of sp³-hybridized carbons (Fsp3) is 0.324. The number of fused-ring (bicyclic) bond motifs is 4. The number of carboxylic acid groups (broad SMARTS) is 4. The Morgan fingerprint density at radius 3 is 1.56 bits per heavy atom. The summed E-state index contributed by atoms with van der Waals surface area (Å²) in [6.45, 7) is 5.54. The van der Waals surface area contributed by atoms with Crippen LogP contribution in [0.2, 0.25) is 0 Å². The molecule has 0 radical (unpaired) electrons. The molecule has 256 valence electrons. The van der Waals surface area contributed by atoms with Crippen LogP contribution in [0.4, 0.5) is 0 Å². The molecule has 1 atom stereocenters. The van der Waals surface area contributed by atoms with Crippen LogP contribution in [0.1, 0.15) is 22.3 Å². The molecule has 0 bridgehead atoms. The maximum absolute atomic E-state index is 12.0. The standard InChI is InChI=1S/C26H31N3O3.2C4H4O4/c1-27(2)25(30)18-29-15-13-28(14-16-29)17-22-19-31-26(32-22)23-9-5-3-7-20(23)11-12-21-8-4-6-10-24(21)26;2*5-3(6)1-2-4(7)8/h3-12,22H,13-19H2,1-2H3;2*1-2H,(H,5,6)(H,7,8)/b;2*2-1+. The quantitative estimate of drug-likeness (QED) is 0.299. The highest BCUT2D eigenvalue weighted by molar-refractivity contribution is 5.90. The second kappa shape index (κ2) is 17.7. The number of aliphatic carboxylic acids is 4. The zero-order valence-corrected chi connectivity index (χ0v) is 26.6. The lowest BCUT2D eigenvalue weighted by molar-refractivity contribution is -0.145. The highest BCUT2D eigenvalue weighted by atomic mass is 16.7. The van der Waals surface area contributed by atoms with Crippen molar-refractivity contribution in [2.24, 2.45) is 0 Å². The molecular formula is C34H39N3O11. The number of ether oxygens (including phenoxy) is 2. The smallest absolute Gasteiger partial charge is 0.328 e. The maximum atomic E-state index is 12.0. The fourth-order valence-electron chi connectivity index (χ4n) is 5.13. The average Bonchev–Trinajstić information content (AvgIpc) is 3.42. The van der Waals surface area contributed by atoms with Crippen LogP contribution in [0.5, 0.6) is 0 Å². The molecule has 3 aliphatic rings. The van der Waals surface area contributed by atoms with E-state index < -0.39 is 29.7 Å². The van der Waals surface area contributed by atoms with Gasteiger partial charge in [0.1, 0.15) is 0 Å². The van der Waals surface area contributed by atoms with Crippen molar-refractivity contribution >= 4 is 41.9 Å². The van der Waals surface area contributed by atoms with Crippen LogP contribution in [0.25, 0.3) is 12.2 Å². The van der Waals surface area contributed by atoms with Crippen molar-refractivity contribution in [3.8, 4) is 0 Å². The summed E-state index contributed by atoms with van der Waals surface area (Å²) >= 11 is 0. The first-order valence-corrected chi connectivity index (χ1v) is 14.9. The average molecular weight is 666 g/mol. The van der Waals surface area contributed by atoms with Crippen molar-refractivity contribution in [3.63, 3.8) is 0 Å². The number of benzene rings is 2. The highest BCUT2D eigenvalue weighted by Gasteiger charge is 2.47. The molecule has 14 nitrogen and oxygen atoms in total. The van der Waals surface area contributed by atoms with Gasteiger partial charge in [-0.25, -0.2) is 19.2 Å². The summed E-state index contributed by atoms with van der Waals surface area (Å²) in [4.78, 5) is 56.5. The minimum Gasteiger partial charge on any atom is -0.478 e. The van der Waals surface area contributed by atoms with Crippen LogP contribution in [0, 0.1) is 0 Å². The Morgan fingerprint density at radius 2 is 1.15 bits per heavy atom. The monoisotopic (exact) mass is 665 g/mol. The van der Waals surface area contributed by atoms with Crippen LogP contribution >= 0.6 is 0 Å². The topological polar surface area (TPSA) is 194 Å². The van der Waals surface area contributed by atoms with E-state index in [4.69, 9.17) is 29.9 Å². The van der Waals surface area contributed by atoms with Crippen molar-refractivity contribution in [2.75, 3.05) is 60.0 Å². The number of carbonyl (C=O) groups is 5. The molecule has 1 unspecified atom stereocenters. The van der Waals surface area contributed by atoms with Gasteiger partial charge in [-0.3, -0.25) is 14.6 Å². The van der Waals surface area contributed by atoms with Gasteiger partial charge in [-0.1, -0.05) is 60.7 Å². The van der Waals surface area contributed by atoms with Crippen molar-refractivity contribution in [2.45, 2.75) is 11.9 Å². The van der Waals surface area contributed by atoms with Crippen LogP contribution in [-0.2, 0) is 39.2 Å². The number of rotatable bonds is 8. The molecule has 2 aliphatic heterocycles. The third-order valence-electron chi connectivity index (χ3n) is 7.40. The molecule has 4 N–H and O–H groups in total.